The van der Waals surface area contributed by atoms with Crippen LogP contribution in [0.5, 0.6) is 0 Å². The van der Waals surface area contributed by atoms with Crippen molar-refractivity contribution in [3.8, 4) is 0 Å². The molecule has 1 aromatic rings. The van der Waals surface area contributed by atoms with Gasteiger partial charge in [-0.25, -0.2) is 8.42 Å². The molecule has 0 spiro atoms. The van der Waals surface area contributed by atoms with Gasteiger partial charge in [0, 0.05) is 0 Å². The summed E-state index contributed by atoms with van der Waals surface area (Å²) in [4.78, 5) is 13.3. The highest BCUT2D eigenvalue weighted by molar-refractivity contribution is 7.89. The molecule has 4 saturated carbocycles. The van der Waals surface area contributed by atoms with E-state index in [1.807, 2.05) is 0 Å². The summed E-state index contributed by atoms with van der Waals surface area (Å²) >= 11 is 0. The molecule has 1 heterocycles. The largest absolute Gasteiger partial charge is 0.271 e. The van der Waals surface area contributed by atoms with E-state index in [1.54, 1.807) is 49.2 Å². The summed E-state index contributed by atoms with van der Waals surface area (Å²) in [5.74, 6) is 2.45. The van der Waals surface area contributed by atoms with Crippen molar-refractivity contribution in [2.24, 2.45) is 23.7 Å². The second kappa shape index (κ2) is 5.32. The summed E-state index contributed by atoms with van der Waals surface area (Å²) in [6.07, 6.45) is 5.95. The van der Waals surface area contributed by atoms with Crippen LogP contribution in [0.15, 0.2) is 35.2 Å². The summed E-state index contributed by atoms with van der Waals surface area (Å²) in [6.45, 7) is 3.45. The van der Waals surface area contributed by atoms with Crippen molar-refractivity contribution in [3.05, 3.63) is 30.3 Å². The molecule has 1 aliphatic heterocycles. The van der Waals surface area contributed by atoms with E-state index < -0.39 is 15.6 Å². The molecule has 6 heteroatoms. The van der Waals surface area contributed by atoms with Gasteiger partial charge < -0.3 is 0 Å². The third-order valence-electron chi connectivity index (χ3n) is 7.13. The number of hydrogen-bond donors (Lipinski definition) is 0. The Morgan fingerprint density at radius 2 is 1.46 bits per heavy atom. The Morgan fingerprint density at radius 1 is 0.923 bits per heavy atom. The van der Waals surface area contributed by atoms with E-state index in [0.29, 0.717) is 11.8 Å². The number of hydrazine groups is 1. The van der Waals surface area contributed by atoms with Gasteiger partial charge in [0.15, 0.2) is 0 Å². The van der Waals surface area contributed by atoms with Gasteiger partial charge in [0.25, 0.3) is 15.9 Å². The number of hydrogen-bond acceptors (Lipinski definition) is 3. The zero-order chi connectivity index (χ0) is 18.3. The molecule has 6 rings (SSSR count). The summed E-state index contributed by atoms with van der Waals surface area (Å²) in [6, 6.07) is 8.55. The average molecular weight is 375 g/mol. The van der Waals surface area contributed by atoms with Gasteiger partial charge in [-0.3, -0.25) is 9.80 Å². The van der Waals surface area contributed by atoms with Crippen LogP contribution in [0.25, 0.3) is 0 Å². The zero-order valence-electron chi connectivity index (χ0n) is 15.3. The summed E-state index contributed by atoms with van der Waals surface area (Å²) in [7, 11) is -3.74. The van der Waals surface area contributed by atoms with Crippen molar-refractivity contribution < 1.29 is 13.2 Å². The highest BCUT2D eigenvalue weighted by Crippen LogP contribution is 2.57. The molecule has 0 radical (unpaired) electrons. The zero-order valence-corrected chi connectivity index (χ0v) is 16.2. The van der Waals surface area contributed by atoms with Gasteiger partial charge in [-0.1, -0.05) is 22.6 Å². The molecule has 26 heavy (non-hydrogen) atoms. The first-order valence-corrected chi connectivity index (χ1v) is 11.2. The SMILES string of the molecule is CC1(C)C(=O)N(C2C3CC4CC(C3)CC2C4)N1S(=O)(=O)c1ccccc1. The van der Waals surface area contributed by atoms with Crippen molar-refractivity contribution in [2.75, 3.05) is 0 Å². The van der Waals surface area contributed by atoms with Gasteiger partial charge in [0.2, 0.25) is 0 Å². The highest BCUT2D eigenvalue weighted by atomic mass is 32.2. The van der Waals surface area contributed by atoms with Gasteiger partial charge in [-0.05, 0) is 81.8 Å². The standard InChI is InChI=1S/C20H26N2O3S/c1-20(2)19(23)21(22(20)26(24,25)17-6-4-3-5-7-17)18-15-9-13-8-14(11-15)12-16(18)10-13/h3-7,13-16,18H,8-12H2,1-2H3. The third kappa shape index (κ3) is 2.12. The lowest BCUT2D eigenvalue weighted by Gasteiger charge is -2.64. The van der Waals surface area contributed by atoms with Crippen LogP contribution in [0.4, 0.5) is 0 Å². The molecule has 5 fully saturated rings. The molecule has 140 valence electrons. The van der Waals surface area contributed by atoms with Crippen molar-refractivity contribution >= 4 is 15.9 Å². The van der Waals surface area contributed by atoms with Crippen LogP contribution in [-0.4, -0.2) is 35.3 Å². The Balaban J connectivity index is 1.53. The number of sulfonamides is 1. The van der Waals surface area contributed by atoms with Crippen LogP contribution in [0.3, 0.4) is 0 Å². The van der Waals surface area contributed by atoms with Crippen LogP contribution in [-0.2, 0) is 14.8 Å². The van der Waals surface area contributed by atoms with E-state index in [2.05, 4.69) is 0 Å². The van der Waals surface area contributed by atoms with Crippen LogP contribution < -0.4 is 0 Å². The molecular formula is C20H26N2O3S. The van der Waals surface area contributed by atoms with Crippen molar-refractivity contribution in [2.45, 2.75) is 62.4 Å². The summed E-state index contributed by atoms with van der Waals surface area (Å²) in [5, 5.41) is 1.63. The maximum absolute atomic E-state index is 13.4. The van der Waals surface area contributed by atoms with E-state index in [-0.39, 0.29) is 16.8 Å². The van der Waals surface area contributed by atoms with Gasteiger partial charge in [0.1, 0.15) is 5.54 Å². The lowest BCUT2D eigenvalue weighted by molar-refractivity contribution is -0.218. The van der Waals surface area contributed by atoms with E-state index in [0.717, 1.165) is 37.5 Å². The normalized spacial score (nSPS) is 38.5. The predicted molar refractivity (Wildman–Crippen MR) is 97.2 cm³/mol. The summed E-state index contributed by atoms with van der Waals surface area (Å²) in [5.41, 5.74) is -1.01. The fourth-order valence-electron chi connectivity index (χ4n) is 6.33. The Hall–Kier alpha value is -1.40. The first-order chi connectivity index (χ1) is 12.3. The Labute approximate surface area is 155 Å². The van der Waals surface area contributed by atoms with Gasteiger partial charge in [0.05, 0.1) is 10.9 Å². The minimum atomic E-state index is -3.74. The molecule has 1 saturated heterocycles. The van der Waals surface area contributed by atoms with Crippen LogP contribution in [0.1, 0.15) is 46.0 Å². The molecule has 4 aliphatic carbocycles. The molecule has 5 nitrogen and oxygen atoms in total. The highest BCUT2D eigenvalue weighted by Gasteiger charge is 2.64. The number of amides is 1. The first kappa shape index (κ1) is 16.8. The van der Waals surface area contributed by atoms with E-state index in [9.17, 15) is 13.2 Å². The van der Waals surface area contributed by atoms with Gasteiger partial charge >= 0.3 is 0 Å². The van der Waals surface area contributed by atoms with Crippen LogP contribution in [0, 0.1) is 23.7 Å². The van der Waals surface area contributed by atoms with Crippen LogP contribution >= 0.6 is 0 Å². The Kier molecular flexibility index (Phi) is 3.43. The second-order valence-corrected chi connectivity index (χ2v) is 11.0. The van der Waals surface area contributed by atoms with Crippen molar-refractivity contribution in [1.29, 1.82) is 0 Å². The van der Waals surface area contributed by atoms with Gasteiger partial charge in [-0.15, -0.1) is 0 Å². The van der Waals surface area contributed by atoms with E-state index >= 15 is 0 Å². The maximum Gasteiger partial charge on any atom is 0.261 e. The van der Waals surface area contributed by atoms with Crippen molar-refractivity contribution in [3.63, 3.8) is 0 Å². The molecule has 0 N–H and O–H groups in total. The average Bonchev–Trinajstić information content (AvgIpc) is 2.60. The molecular weight excluding hydrogens is 348 g/mol. The topological polar surface area (TPSA) is 57.7 Å². The third-order valence-corrected chi connectivity index (χ3v) is 9.09. The monoisotopic (exact) mass is 374 g/mol. The number of nitrogens with zero attached hydrogens (tertiary/aromatic N) is 2. The first-order valence-electron chi connectivity index (χ1n) is 9.74. The predicted octanol–water partition coefficient (Wildman–Crippen LogP) is 3.04. The molecule has 5 aliphatic rings. The number of carbonyl (C=O) groups is 1. The minimum absolute atomic E-state index is 0.0468. The Bertz CT molecular complexity index is 821. The van der Waals surface area contributed by atoms with E-state index in [4.69, 9.17) is 0 Å². The van der Waals surface area contributed by atoms with Crippen molar-refractivity contribution in [1.82, 2.24) is 9.42 Å². The van der Waals surface area contributed by atoms with Crippen LogP contribution in [0.2, 0.25) is 0 Å². The fourth-order valence-corrected chi connectivity index (χ4v) is 8.12. The lowest BCUT2D eigenvalue weighted by atomic mass is 9.54. The summed E-state index contributed by atoms with van der Waals surface area (Å²) < 4.78 is 28.1. The quantitative estimate of drug-likeness (QED) is 0.817. The molecule has 0 unspecified atom stereocenters. The Morgan fingerprint density at radius 3 is 2.00 bits per heavy atom. The molecule has 0 atom stereocenters. The second-order valence-electron chi connectivity index (χ2n) is 9.19. The van der Waals surface area contributed by atoms with E-state index in [1.165, 1.54) is 10.8 Å². The molecule has 0 aromatic heterocycles. The molecule has 4 bridgehead atoms. The maximum atomic E-state index is 13.4. The number of benzene rings is 1. The number of rotatable bonds is 3. The molecule has 1 amide bonds. The molecule has 1 aromatic carbocycles. The lowest BCUT2D eigenvalue weighted by Crippen LogP contribution is -2.80. The van der Waals surface area contributed by atoms with Gasteiger partial charge in [-0.2, -0.15) is 0 Å². The fraction of sp³-hybridized carbons (Fsp3) is 0.650. The minimum Gasteiger partial charge on any atom is -0.271 e. The smallest absolute Gasteiger partial charge is 0.261 e. The number of carbonyl (C=O) groups excluding carboxylic acids is 1.